The predicted octanol–water partition coefficient (Wildman–Crippen LogP) is 3.91. The maximum absolute atomic E-state index is 12.4. The van der Waals surface area contributed by atoms with Crippen LogP contribution in [0, 0.1) is 0 Å². The van der Waals surface area contributed by atoms with Gasteiger partial charge in [-0.25, -0.2) is 9.59 Å². The fraction of sp³-hybridized carbons (Fsp3) is 0.529. The van der Waals surface area contributed by atoms with Crippen LogP contribution in [0.4, 0.5) is 4.79 Å². The molecule has 1 N–H and O–H groups in total. The lowest BCUT2D eigenvalue weighted by Gasteiger charge is -2.38. The van der Waals surface area contributed by atoms with Gasteiger partial charge >= 0.3 is 12.1 Å². The highest BCUT2D eigenvalue weighted by atomic mass is 35.5. The van der Waals surface area contributed by atoms with Gasteiger partial charge in [0.1, 0.15) is 11.6 Å². The summed E-state index contributed by atoms with van der Waals surface area (Å²) in [5.41, 5.74) is 0.389. The van der Waals surface area contributed by atoms with Crippen LogP contribution < -0.4 is 0 Å². The number of carboxylic acid groups (broad SMARTS) is 1. The van der Waals surface area contributed by atoms with Crippen LogP contribution in [0.5, 0.6) is 0 Å². The van der Waals surface area contributed by atoms with E-state index < -0.39 is 23.7 Å². The molecule has 1 aliphatic heterocycles. The Kier molecular flexibility index (Phi) is 5.19. The van der Waals surface area contributed by atoms with Crippen molar-refractivity contribution in [3.8, 4) is 0 Å². The van der Waals surface area contributed by atoms with Crippen LogP contribution in [0.15, 0.2) is 24.3 Å². The van der Waals surface area contributed by atoms with Gasteiger partial charge in [-0.3, -0.25) is 4.90 Å². The molecule has 0 radical (unpaired) electrons. The number of hydrogen-bond donors (Lipinski definition) is 1. The lowest BCUT2D eigenvalue weighted by molar-refractivity contribution is -0.144. The Bertz CT molecular complexity index is 579. The van der Waals surface area contributed by atoms with Gasteiger partial charge in [-0.05, 0) is 51.3 Å². The lowest BCUT2D eigenvalue weighted by atomic mass is 9.87. The molecule has 0 bridgehead atoms. The van der Waals surface area contributed by atoms with Crippen molar-refractivity contribution >= 4 is 23.7 Å². The molecule has 2 rings (SSSR count). The summed E-state index contributed by atoms with van der Waals surface area (Å²) < 4.78 is 5.36. The van der Waals surface area contributed by atoms with Crippen LogP contribution >= 0.6 is 11.6 Å². The van der Waals surface area contributed by atoms with Gasteiger partial charge in [-0.15, -0.1) is 0 Å². The first-order chi connectivity index (χ1) is 10.7. The molecule has 0 saturated carbocycles. The first kappa shape index (κ1) is 17.6. The van der Waals surface area contributed by atoms with Gasteiger partial charge in [0.15, 0.2) is 0 Å². The van der Waals surface area contributed by atoms with E-state index in [2.05, 4.69) is 0 Å². The molecule has 126 valence electrons. The average molecular weight is 340 g/mol. The topological polar surface area (TPSA) is 66.8 Å². The van der Waals surface area contributed by atoms with Gasteiger partial charge < -0.3 is 9.84 Å². The van der Waals surface area contributed by atoms with Crippen molar-refractivity contribution < 1.29 is 19.4 Å². The second kappa shape index (κ2) is 6.79. The molecule has 1 amide bonds. The Morgan fingerprint density at radius 3 is 2.35 bits per heavy atom. The molecule has 6 heteroatoms. The molecule has 23 heavy (non-hydrogen) atoms. The standard InChI is InChI=1S/C17H22ClNO4/c1-17(2,3)23-16(22)19-10-12(6-9-14(19)15(20)21)11-4-7-13(18)8-5-11/h4-5,7-8,12,14H,6,9-10H2,1-3H3,(H,20,21). The molecule has 1 saturated heterocycles. The summed E-state index contributed by atoms with van der Waals surface area (Å²) in [4.78, 5) is 25.2. The van der Waals surface area contributed by atoms with Crippen LogP contribution in [0.2, 0.25) is 5.02 Å². The molecule has 1 heterocycles. The average Bonchev–Trinajstić information content (AvgIpc) is 2.45. The van der Waals surface area contributed by atoms with E-state index in [4.69, 9.17) is 16.3 Å². The fourth-order valence-electron chi connectivity index (χ4n) is 2.76. The molecule has 1 fully saturated rings. The third-order valence-electron chi connectivity index (χ3n) is 3.84. The van der Waals surface area contributed by atoms with Crippen molar-refractivity contribution in [3.05, 3.63) is 34.9 Å². The molecule has 2 unspecified atom stereocenters. The quantitative estimate of drug-likeness (QED) is 0.887. The summed E-state index contributed by atoms with van der Waals surface area (Å²) in [5, 5.41) is 10.0. The minimum atomic E-state index is -0.995. The molecule has 1 aromatic rings. The van der Waals surface area contributed by atoms with Crippen LogP contribution in [0.3, 0.4) is 0 Å². The van der Waals surface area contributed by atoms with E-state index in [0.717, 1.165) is 5.56 Å². The Morgan fingerprint density at radius 2 is 1.83 bits per heavy atom. The summed E-state index contributed by atoms with van der Waals surface area (Å²) in [6.07, 6.45) is 0.531. The molecule has 1 aromatic carbocycles. The van der Waals surface area contributed by atoms with E-state index in [1.807, 2.05) is 12.1 Å². The van der Waals surface area contributed by atoms with Crippen LogP contribution in [-0.4, -0.2) is 40.3 Å². The zero-order chi connectivity index (χ0) is 17.2. The molecular weight excluding hydrogens is 318 g/mol. The van der Waals surface area contributed by atoms with Crippen molar-refractivity contribution in [3.63, 3.8) is 0 Å². The predicted molar refractivity (Wildman–Crippen MR) is 87.8 cm³/mol. The van der Waals surface area contributed by atoms with Crippen LogP contribution in [-0.2, 0) is 9.53 Å². The van der Waals surface area contributed by atoms with Crippen molar-refractivity contribution in [1.82, 2.24) is 4.90 Å². The molecule has 5 nitrogen and oxygen atoms in total. The van der Waals surface area contributed by atoms with Gasteiger partial charge in [0, 0.05) is 17.5 Å². The summed E-state index contributed by atoms with van der Waals surface area (Å²) in [5.74, 6) is -0.916. The number of amides is 1. The Labute approximate surface area is 141 Å². The first-order valence-corrected chi connectivity index (χ1v) is 8.03. The summed E-state index contributed by atoms with van der Waals surface area (Å²) in [6.45, 7) is 5.62. The van der Waals surface area contributed by atoms with Crippen molar-refractivity contribution in [1.29, 1.82) is 0 Å². The Balaban J connectivity index is 2.18. The minimum Gasteiger partial charge on any atom is -0.480 e. The van der Waals surface area contributed by atoms with E-state index in [9.17, 15) is 14.7 Å². The normalized spacial score (nSPS) is 21.8. The van der Waals surface area contributed by atoms with Gasteiger partial charge in [-0.2, -0.15) is 0 Å². The number of piperidine rings is 1. The Hall–Kier alpha value is -1.75. The highest BCUT2D eigenvalue weighted by Crippen LogP contribution is 2.32. The lowest BCUT2D eigenvalue weighted by Crippen LogP contribution is -2.51. The zero-order valence-corrected chi connectivity index (χ0v) is 14.3. The van der Waals surface area contributed by atoms with Crippen LogP contribution in [0.1, 0.15) is 45.1 Å². The van der Waals surface area contributed by atoms with Gasteiger partial charge in [-0.1, -0.05) is 23.7 Å². The van der Waals surface area contributed by atoms with Crippen molar-refractivity contribution in [2.24, 2.45) is 0 Å². The maximum Gasteiger partial charge on any atom is 0.411 e. The minimum absolute atomic E-state index is 0.0791. The van der Waals surface area contributed by atoms with Gasteiger partial charge in [0.05, 0.1) is 0 Å². The number of carbonyl (C=O) groups is 2. The molecule has 0 spiro atoms. The molecule has 0 aliphatic carbocycles. The largest absolute Gasteiger partial charge is 0.480 e. The summed E-state index contributed by atoms with van der Waals surface area (Å²) in [6, 6.07) is 6.60. The highest BCUT2D eigenvalue weighted by molar-refractivity contribution is 6.30. The number of ether oxygens (including phenoxy) is 1. The number of benzene rings is 1. The number of carboxylic acids is 1. The smallest absolute Gasteiger partial charge is 0.411 e. The summed E-state index contributed by atoms with van der Waals surface area (Å²) >= 11 is 5.90. The third kappa shape index (κ3) is 4.61. The van der Waals surface area contributed by atoms with E-state index >= 15 is 0 Å². The summed E-state index contributed by atoms with van der Waals surface area (Å²) in [7, 11) is 0. The highest BCUT2D eigenvalue weighted by Gasteiger charge is 2.38. The number of hydrogen-bond acceptors (Lipinski definition) is 3. The molecular formula is C17H22ClNO4. The van der Waals surface area contributed by atoms with E-state index in [0.29, 0.717) is 24.4 Å². The van der Waals surface area contributed by atoms with E-state index in [-0.39, 0.29) is 5.92 Å². The van der Waals surface area contributed by atoms with Crippen molar-refractivity contribution in [2.75, 3.05) is 6.54 Å². The SMILES string of the molecule is CC(C)(C)OC(=O)N1CC(c2ccc(Cl)cc2)CCC1C(=O)O. The van der Waals surface area contributed by atoms with Gasteiger partial charge in [0.2, 0.25) is 0 Å². The maximum atomic E-state index is 12.4. The third-order valence-corrected chi connectivity index (χ3v) is 4.09. The second-order valence-electron chi connectivity index (χ2n) is 6.81. The molecule has 0 aromatic heterocycles. The Morgan fingerprint density at radius 1 is 1.22 bits per heavy atom. The monoisotopic (exact) mass is 339 g/mol. The number of carbonyl (C=O) groups excluding carboxylic acids is 1. The van der Waals surface area contributed by atoms with E-state index in [1.54, 1.807) is 32.9 Å². The molecule has 2 atom stereocenters. The second-order valence-corrected chi connectivity index (χ2v) is 7.25. The van der Waals surface area contributed by atoms with E-state index in [1.165, 1.54) is 4.90 Å². The number of aliphatic carboxylic acids is 1. The fourth-order valence-corrected chi connectivity index (χ4v) is 2.88. The van der Waals surface area contributed by atoms with Gasteiger partial charge in [0.25, 0.3) is 0 Å². The number of likely N-dealkylation sites (tertiary alicyclic amines) is 1. The number of halogens is 1. The number of rotatable bonds is 2. The first-order valence-electron chi connectivity index (χ1n) is 7.65. The zero-order valence-electron chi connectivity index (χ0n) is 13.6. The number of nitrogens with zero attached hydrogens (tertiary/aromatic N) is 1. The molecule has 1 aliphatic rings. The van der Waals surface area contributed by atoms with Crippen molar-refractivity contribution in [2.45, 2.75) is 51.2 Å². The van der Waals surface area contributed by atoms with Crippen LogP contribution in [0.25, 0.3) is 0 Å².